The normalized spacial score (nSPS) is 38.6. The van der Waals surface area contributed by atoms with E-state index in [2.05, 4.69) is 0 Å². The van der Waals surface area contributed by atoms with E-state index in [4.69, 9.17) is 23.7 Å². The van der Waals surface area contributed by atoms with E-state index in [-0.39, 0.29) is 44.9 Å². The molecule has 4 aliphatic rings. The van der Waals surface area contributed by atoms with E-state index in [1.807, 2.05) is 0 Å². The number of ketones is 1. The molecule has 9 heteroatoms. The van der Waals surface area contributed by atoms with Crippen LogP contribution in [0.4, 0.5) is 0 Å². The first kappa shape index (κ1) is 20.3. The van der Waals surface area contributed by atoms with E-state index in [0.29, 0.717) is 0 Å². The first-order chi connectivity index (χ1) is 13.6. The molecule has 0 bridgehead atoms. The molecular formula is C20H26O9. The minimum Gasteiger partial charge on any atom is -0.465 e. The molecule has 2 heterocycles. The minimum atomic E-state index is -1.72. The summed E-state index contributed by atoms with van der Waals surface area (Å²) < 4.78 is 28.2. The van der Waals surface area contributed by atoms with Gasteiger partial charge in [0.1, 0.15) is 22.9 Å². The van der Waals surface area contributed by atoms with Gasteiger partial charge in [0, 0.05) is 33.1 Å². The molecule has 2 spiro atoms. The zero-order valence-corrected chi connectivity index (χ0v) is 17.1. The summed E-state index contributed by atoms with van der Waals surface area (Å²) in [4.78, 5) is 51.7. The molecule has 0 unspecified atom stereocenters. The van der Waals surface area contributed by atoms with Gasteiger partial charge in [-0.3, -0.25) is 19.2 Å². The summed E-state index contributed by atoms with van der Waals surface area (Å²) in [6.45, 7) is 6.71. The number of carbonyl (C=O) groups excluding carboxylic acids is 4. The number of esters is 3. The van der Waals surface area contributed by atoms with Crippen LogP contribution >= 0.6 is 0 Å². The summed E-state index contributed by atoms with van der Waals surface area (Å²) in [5.41, 5.74) is -4.33. The maximum atomic E-state index is 13.0. The molecule has 160 valence electrons. The van der Waals surface area contributed by atoms with Crippen molar-refractivity contribution in [3.8, 4) is 0 Å². The molecule has 4 rings (SSSR count). The molecule has 4 atom stereocenters. The molecule has 0 aromatic heterocycles. The van der Waals surface area contributed by atoms with Gasteiger partial charge in [-0.15, -0.1) is 0 Å². The average molecular weight is 410 g/mol. The highest BCUT2D eigenvalue weighted by molar-refractivity contribution is 6.03. The van der Waals surface area contributed by atoms with Crippen molar-refractivity contribution in [3.63, 3.8) is 0 Å². The van der Waals surface area contributed by atoms with Crippen LogP contribution in [0.3, 0.4) is 0 Å². The summed E-state index contributed by atoms with van der Waals surface area (Å²) in [5.74, 6) is -5.30. The number of hydrogen-bond acceptors (Lipinski definition) is 9. The van der Waals surface area contributed by atoms with Gasteiger partial charge in [0.05, 0.1) is 25.7 Å². The van der Waals surface area contributed by atoms with Crippen molar-refractivity contribution in [2.75, 3.05) is 19.8 Å². The van der Waals surface area contributed by atoms with Crippen LogP contribution in [0.15, 0.2) is 0 Å². The second kappa shape index (κ2) is 6.25. The zero-order chi connectivity index (χ0) is 21.2. The summed E-state index contributed by atoms with van der Waals surface area (Å²) >= 11 is 0. The smallest absolute Gasteiger partial charge is 0.323 e. The molecule has 0 radical (unpaired) electrons. The SMILES string of the molecule is CCOC(=O)C1(C(=O)OCC)C[C@]23OCCC(=O)[C@H]2[C@H]2C(=O)OC(C)(C)O[C@]23C1. The van der Waals surface area contributed by atoms with Gasteiger partial charge in [-0.1, -0.05) is 0 Å². The Kier molecular flexibility index (Phi) is 4.37. The number of Topliss-reactive ketones (excluding diaryl/α,β-unsaturated/α-hetero) is 1. The lowest BCUT2D eigenvalue weighted by molar-refractivity contribution is -0.400. The molecule has 29 heavy (non-hydrogen) atoms. The van der Waals surface area contributed by atoms with Crippen molar-refractivity contribution in [2.45, 2.75) is 63.9 Å². The lowest BCUT2D eigenvalue weighted by Crippen LogP contribution is -2.83. The van der Waals surface area contributed by atoms with Crippen LogP contribution in [0.25, 0.3) is 0 Å². The minimum absolute atomic E-state index is 0.0705. The Morgan fingerprint density at radius 1 is 1.00 bits per heavy atom. The molecular weight excluding hydrogens is 384 g/mol. The highest BCUT2D eigenvalue weighted by atomic mass is 16.7. The van der Waals surface area contributed by atoms with Gasteiger partial charge < -0.3 is 23.7 Å². The van der Waals surface area contributed by atoms with Gasteiger partial charge in [-0.2, -0.15) is 0 Å². The van der Waals surface area contributed by atoms with Gasteiger partial charge in [0.2, 0.25) is 5.79 Å². The highest BCUT2D eigenvalue weighted by Gasteiger charge is 2.89. The second-order valence-corrected chi connectivity index (χ2v) is 8.60. The zero-order valence-electron chi connectivity index (χ0n) is 17.1. The van der Waals surface area contributed by atoms with Gasteiger partial charge >= 0.3 is 17.9 Å². The van der Waals surface area contributed by atoms with Crippen LogP contribution in [0, 0.1) is 17.3 Å². The Balaban J connectivity index is 1.87. The molecule has 2 aliphatic heterocycles. The second-order valence-electron chi connectivity index (χ2n) is 8.60. The van der Waals surface area contributed by atoms with Crippen LogP contribution in [-0.2, 0) is 42.9 Å². The molecule has 0 N–H and O–H groups in total. The van der Waals surface area contributed by atoms with Crippen LogP contribution < -0.4 is 0 Å². The Morgan fingerprint density at radius 3 is 2.17 bits per heavy atom. The average Bonchev–Trinajstić information content (AvgIpc) is 2.80. The largest absolute Gasteiger partial charge is 0.465 e. The molecule has 2 saturated carbocycles. The number of hydrogen-bond donors (Lipinski definition) is 0. The van der Waals surface area contributed by atoms with Crippen LogP contribution in [-0.4, -0.2) is 60.5 Å². The third-order valence-corrected chi connectivity index (χ3v) is 6.60. The summed E-state index contributed by atoms with van der Waals surface area (Å²) in [6, 6.07) is 0. The maximum absolute atomic E-state index is 13.0. The highest BCUT2D eigenvalue weighted by Crippen LogP contribution is 2.73. The summed E-state index contributed by atoms with van der Waals surface area (Å²) in [5, 5.41) is 0. The number of fused-ring (bicyclic) bond motifs is 1. The predicted octanol–water partition coefficient (Wildman–Crippen LogP) is 0.915. The first-order valence-corrected chi connectivity index (χ1v) is 10.0. The summed E-state index contributed by atoms with van der Waals surface area (Å²) in [6.07, 6.45) is -0.139. The third-order valence-electron chi connectivity index (χ3n) is 6.60. The fourth-order valence-electron chi connectivity index (χ4n) is 5.83. The third kappa shape index (κ3) is 2.40. The van der Waals surface area contributed by atoms with Crippen molar-refractivity contribution in [1.82, 2.24) is 0 Å². The van der Waals surface area contributed by atoms with Crippen molar-refractivity contribution < 1.29 is 42.9 Å². The standard InChI is InChI=1S/C20H26O9/c1-5-25-15(23)18(16(24)26-6-2)9-19-12(11(21)7-8-27-19)13-14(22)28-17(3,4)29-20(13,19)10-18/h12-13H,5-10H2,1-4H3/t12-,13-,19-,20+/m0/s1. The van der Waals surface area contributed by atoms with E-state index in [1.165, 1.54) is 0 Å². The molecule has 0 aromatic carbocycles. The van der Waals surface area contributed by atoms with E-state index in [1.54, 1.807) is 27.7 Å². The Bertz CT molecular complexity index is 769. The lowest BCUT2D eigenvalue weighted by atomic mass is 9.48. The Hall–Kier alpha value is -2.00. The maximum Gasteiger partial charge on any atom is 0.323 e. The topological polar surface area (TPSA) is 114 Å². The quantitative estimate of drug-likeness (QED) is 0.379. The van der Waals surface area contributed by atoms with Crippen molar-refractivity contribution in [1.29, 1.82) is 0 Å². The molecule has 2 aliphatic carbocycles. The molecule has 2 saturated heterocycles. The number of carbonyl (C=O) groups is 4. The molecule has 4 fully saturated rings. The van der Waals surface area contributed by atoms with E-state index >= 15 is 0 Å². The van der Waals surface area contributed by atoms with Crippen molar-refractivity contribution in [2.24, 2.45) is 17.3 Å². The van der Waals surface area contributed by atoms with Gasteiger partial charge in [-0.25, -0.2) is 0 Å². The van der Waals surface area contributed by atoms with Crippen molar-refractivity contribution in [3.05, 3.63) is 0 Å². The van der Waals surface area contributed by atoms with Gasteiger partial charge in [-0.05, 0) is 13.8 Å². The van der Waals surface area contributed by atoms with Crippen LogP contribution in [0.1, 0.15) is 47.0 Å². The number of cyclic esters (lactones) is 1. The van der Waals surface area contributed by atoms with Crippen molar-refractivity contribution >= 4 is 23.7 Å². The Morgan fingerprint density at radius 2 is 1.59 bits per heavy atom. The number of ether oxygens (including phenoxy) is 5. The fourth-order valence-corrected chi connectivity index (χ4v) is 5.83. The van der Waals surface area contributed by atoms with Crippen LogP contribution in [0.2, 0.25) is 0 Å². The molecule has 0 amide bonds. The predicted molar refractivity (Wildman–Crippen MR) is 94.2 cm³/mol. The van der Waals surface area contributed by atoms with E-state index in [0.717, 1.165) is 0 Å². The van der Waals surface area contributed by atoms with E-state index < -0.39 is 52.1 Å². The first-order valence-electron chi connectivity index (χ1n) is 10.0. The Labute approximate surface area is 168 Å². The van der Waals surface area contributed by atoms with Gasteiger partial charge in [0.15, 0.2) is 5.41 Å². The number of rotatable bonds is 4. The van der Waals surface area contributed by atoms with Crippen LogP contribution in [0.5, 0.6) is 0 Å². The molecule has 9 nitrogen and oxygen atoms in total. The lowest BCUT2D eigenvalue weighted by Gasteiger charge is -2.67. The van der Waals surface area contributed by atoms with E-state index in [9.17, 15) is 19.2 Å². The summed E-state index contributed by atoms with van der Waals surface area (Å²) in [7, 11) is 0. The molecule has 0 aromatic rings. The monoisotopic (exact) mass is 410 g/mol. The fraction of sp³-hybridized carbons (Fsp3) is 0.800. The van der Waals surface area contributed by atoms with Gasteiger partial charge in [0.25, 0.3) is 0 Å².